The van der Waals surface area contributed by atoms with Gasteiger partial charge < -0.3 is 9.72 Å². The number of alkyl halides is 3. The first kappa shape index (κ1) is 21.5. The average molecular weight is 440 g/mol. The van der Waals surface area contributed by atoms with Gasteiger partial charge in [0.15, 0.2) is 9.84 Å². The number of hydrogen-bond donors (Lipinski definition) is 1. The van der Waals surface area contributed by atoms with E-state index in [-0.39, 0.29) is 21.6 Å². The molecule has 3 aromatic rings. The quantitative estimate of drug-likeness (QED) is 0.591. The van der Waals surface area contributed by atoms with E-state index < -0.39 is 51.9 Å². The normalized spacial score (nSPS) is 12.1. The molecule has 0 fully saturated rings. The Labute approximate surface area is 168 Å². The highest BCUT2D eigenvalue weighted by molar-refractivity contribution is 7.91. The van der Waals surface area contributed by atoms with Crippen LogP contribution in [0.5, 0.6) is 0 Å². The van der Waals surface area contributed by atoms with Crippen molar-refractivity contribution in [3.05, 3.63) is 70.3 Å². The molecule has 158 valence electrons. The molecule has 11 heteroatoms. The van der Waals surface area contributed by atoms with Gasteiger partial charge in [-0.05, 0) is 30.3 Å². The number of fused-ring (bicyclic) bond motifs is 1. The maximum absolute atomic E-state index is 12.8. The summed E-state index contributed by atoms with van der Waals surface area (Å²) in [5.41, 5.74) is -1.86. The number of carbonyl (C=O) groups is 1. The van der Waals surface area contributed by atoms with Gasteiger partial charge in [-0.25, -0.2) is 13.4 Å². The standard InChI is InChI=1S/C19H15F3N2O5S/c20-19(21,22)12-6-7-14-15(10-12)23-16(24-18(14)26)11-29-17(25)8-9-30(27,28)13-4-2-1-3-5-13/h1-7,10H,8-9,11H2,(H,23,24,26). The molecule has 0 bridgehead atoms. The van der Waals surface area contributed by atoms with E-state index in [9.17, 15) is 31.2 Å². The zero-order valence-corrected chi connectivity index (χ0v) is 16.1. The Morgan fingerprint density at radius 1 is 1.10 bits per heavy atom. The summed E-state index contributed by atoms with van der Waals surface area (Å²) in [6, 6.07) is 10.1. The minimum absolute atomic E-state index is 0.0490. The van der Waals surface area contributed by atoms with Crippen LogP contribution in [0, 0.1) is 0 Å². The van der Waals surface area contributed by atoms with Crippen LogP contribution in [0.4, 0.5) is 13.2 Å². The summed E-state index contributed by atoms with van der Waals surface area (Å²) < 4.78 is 67.7. The lowest BCUT2D eigenvalue weighted by Gasteiger charge is -2.09. The van der Waals surface area contributed by atoms with E-state index in [1.807, 2.05) is 0 Å². The third-order valence-electron chi connectivity index (χ3n) is 4.13. The summed E-state index contributed by atoms with van der Waals surface area (Å²) in [6.07, 6.45) is -5.04. The van der Waals surface area contributed by atoms with Gasteiger partial charge in [0, 0.05) is 0 Å². The number of H-pyrrole nitrogens is 1. The Kier molecular flexibility index (Phi) is 5.92. The molecule has 0 radical (unpaired) electrons. The Bertz CT molecular complexity index is 1240. The second-order valence-corrected chi connectivity index (χ2v) is 8.39. The number of nitrogens with one attached hydrogen (secondary N) is 1. The van der Waals surface area contributed by atoms with Crippen molar-refractivity contribution >= 4 is 26.7 Å². The fourth-order valence-electron chi connectivity index (χ4n) is 2.62. The van der Waals surface area contributed by atoms with Crippen molar-refractivity contribution in [3.8, 4) is 0 Å². The molecule has 3 rings (SSSR count). The van der Waals surface area contributed by atoms with Gasteiger partial charge in [-0.3, -0.25) is 9.59 Å². The first-order valence-electron chi connectivity index (χ1n) is 8.60. The average Bonchev–Trinajstić information content (AvgIpc) is 2.70. The third kappa shape index (κ3) is 5.03. The van der Waals surface area contributed by atoms with Crippen LogP contribution in [-0.2, 0) is 32.2 Å². The molecular weight excluding hydrogens is 425 g/mol. The van der Waals surface area contributed by atoms with E-state index >= 15 is 0 Å². The van der Waals surface area contributed by atoms with E-state index in [0.29, 0.717) is 0 Å². The Balaban J connectivity index is 1.68. The Hall–Kier alpha value is -3.21. The minimum Gasteiger partial charge on any atom is -0.457 e. The molecule has 30 heavy (non-hydrogen) atoms. The number of sulfone groups is 1. The van der Waals surface area contributed by atoms with Crippen LogP contribution in [0.1, 0.15) is 17.8 Å². The van der Waals surface area contributed by atoms with Crippen molar-refractivity contribution in [2.45, 2.75) is 24.1 Å². The second kappa shape index (κ2) is 8.27. The molecule has 0 saturated heterocycles. The van der Waals surface area contributed by atoms with Crippen LogP contribution in [0.15, 0.2) is 58.2 Å². The van der Waals surface area contributed by atoms with Crippen molar-refractivity contribution in [2.75, 3.05) is 5.75 Å². The number of rotatable bonds is 6. The lowest BCUT2D eigenvalue weighted by Crippen LogP contribution is -2.17. The number of ether oxygens (including phenoxy) is 1. The molecule has 0 saturated carbocycles. The summed E-state index contributed by atoms with van der Waals surface area (Å²) in [7, 11) is -3.67. The van der Waals surface area contributed by atoms with Crippen molar-refractivity contribution in [2.24, 2.45) is 0 Å². The number of nitrogens with zero attached hydrogens (tertiary/aromatic N) is 1. The van der Waals surface area contributed by atoms with Gasteiger partial charge >= 0.3 is 12.1 Å². The van der Waals surface area contributed by atoms with Crippen molar-refractivity contribution in [1.82, 2.24) is 9.97 Å². The smallest absolute Gasteiger partial charge is 0.416 e. The van der Waals surface area contributed by atoms with Gasteiger partial charge in [0.05, 0.1) is 33.5 Å². The highest BCUT2D eigenvalue weighted by Gasteiger charge is 2.30. The number of benzene rings is 2. The van der Waals surface area contributed by atoms with E-state index in [4.69, 9.17) is 4.74 Å². The SMILES string of the molecule is O=C(CCS(=O)(=O)c1ccccc1)OCc1nc2cc(C(F)(F)F)ccc2c(=O)[nH]1. The molecule has 2 aromatic carbocycles. The molecule has 1 heterocycles. The van der Waals surface area contributed by atoms with Crippen molar-refractivity contribution < 1.29 is 31.1 Å². The topological polar surface area (TPSA) is 106 Å². The van der Waals surface area contributed by atoms with Crippen LogP contribution < -0.4 is 5.56 Å². The van der Waals surface area contributed by atoms with Gasteiger partial charge in [0.25, 0.3) is 5.56 Å². The highest BCUT2D eigenvalue weighted by atomic mass is 32.2. The summed E-state index contributed by atoms with van der Waals surface area (Å²) in [5.74, 6) is -1.50. The van der Waals surface area contributed by atoms with E-state index in [0.717, 1.165) is 18.2 Å². The van der Waals surface area contributed by atoms with Gasteiger partial charge in [0.1, 0.15) is 12.4 Å². The molecule has 1 N–H and O–H groups in total. The van der Waals surface area contributed by atoms with Gasteiger partial charge in [0.2, 0.25) is 0 Å². The fourth-order valence-corrected chi connectivity index (χ4v) is 3.86. The van der Waals surface area contributed by atoms with Gasteiger partial charge in [-0.2, -0.15) is 13.2 Å². The number of halogens is 3. The predicted octanol–water partition coefficient (Wildman–Crippen LogP) is 2.85. The number of carbonyl (C=O) groups excluding carboxylic acids is 1. The van der Waals surface area contributed by atoms with Crippen molar-refractivity contribution in [3.63, 3.8) is 0 Å². The first-order valence-corrected chi connectivity index (χ1v) is 10.2. The summed E-state index contributed by atoms with van der Waals surface area (Å²) in [5, 5.41) is -0.0490. The molecule has 7 nitrogen and oxygen atoms in total. The number of aromatic nitrogens is 2. The maximum Gasteiger partial charge on any atom is 0.416 e. The molecule has 0 unspecified atom stereocenters. The lowest BCUT2D eigenvalue weighted by molar-refractivity contribution is -0.144. The Morgan fingerprint density at radius 3 is 2.47 bits per heavy atom. The summed E-state index contributed by atoms with van der Waals surface area (Å²) in [4.78, 5) is 30.2. The highest BCUT2D eigenvalue weighted by Crippen LogP contribution is 2.30. The molecule has 0 aliphatic heterocycles. The zero-order valence-electron chi connectivity index (χ0n) is 15.3. The zero-order chi connectivity index (χ0) is 21.9. The largest absolute Gasteiger partial charge is 0.457 e. The van der Waals surface area contributed by atoms with Crippen LogP contribution in [0.25, 0.3) is 10.9 Å². The summed E-state index contributed by atoms with van der Waals surface area (Å²) in [6.45, 7) is -0.522. The maximum atomic E-state index is 12.8. The molecule has 0 amide bonds. The molecule has 0 aliphatic carbocycles. The fraction of sp³-hybridized carbons (Fsp3) is 0.211. The molecule has 0 atom stereocenters. The lowest BCUT2D eigenvalue weighted by atomic mass is 10.1. The summed E-state index contributed by atoms with van der Waals surface area (Å²) >= 11 is 0. The monoisotopic (exact) mass is 440 g/mol. The van der Waals surface area contributed by atoms with Gasteiger partial charge in [-0.15, -0.1) is 0 Å². The van der Waals surface area contributed by atoms with E-state index in [2.05, 4.69) is 9.97 Å². The second-order valence-electron chi connectivity index (χ2n) is 6.28. The minimum atomic E-state index is -4.60. The molecule has 0 spiro atoms. The molecule has 1 aromatic heterocycles. The van der Waals surface area contributed by atoms with Crippen LogP contribution in [0.3, 0.4) is 0 Å². The van der Waals surface area contributed by atoms with Crippen LogP contribution >= 0.6 is 0 Å². The number of hydrogen-bond acceptors (Lipinski definition) is 6. The van der Waals surface area contributed by atoms with Crippen LogP contribution in [-0.4, -0.2) is 30.1 Å². The number of aromatic amines is 1. The van der Waals surface area contributed by atoms with E-state index in [1.54, 1.807) is 18.2 Å². The Morgan fingerprint density at radius 2 is 1.80 bits per heavy atom. The predicted molar refractivity (Wildman–Crippen MR) is 100 cm³/mol. The first-order chi connectivity index (χ1) is 14.1. The molecule has 0 aliphatic rings. The van der Waals surface area contributed by atoms with E-state index in [1.165, 1.54) is 12.1 Å². The van der Waals surface area contributed by atoms with Crippen molar-refractivity contribution in [1.29, 1.82) is 0 Å². The number of esters is 1. The van der Waals surface area contributed by atoms with Gasteiger partial charge in [-0.1, -0.05) is 18.2 Å². The molecular formula is C19H15F3N2O5S. The van der Waals surface area contributed by atoms with Crippen LogP contribution in [0.2, 0.25) is 0 Å². The third-order valence-corrected chi connectivity index (χ3v) is 5.86.